The fourth-order valence-corrected chi connectivity index (χ4v) is 2.83. The Morgan fingerprint density at radius 1 is 1.16 bits per heavy atom. The van der Waals surface area contributed by atoms with Crippen LogP contribution in [-0.4, -0.2) is 54.1 Å². The van der Waals surface area contributed by atoms with Gasteiger partial charge in [-0.3, -0.25) is 4.79 Å². The van der Waals surface area contributed by atoms with Crippen molar-refractivity contribution in [2.45, 2.75) is 13.8 Å². The zero-order chi connectivity index (χ0) is 17.8. The molecule has 1 aliphatic heterocycles. The van der Waals surface area contributed by atoms with Crippen molar-refractivity contribution in [3.63, 3.8) is 0 Å². The lowest BCUT2D eigenvalue weighted by Crippen LogP contribution is -2.48. The topological polar surface area (TPSA) is 70.6 Å². The van der Waals surface area contributed by atoms with Gasteiger partial charge in [-0.2, -0.15) is 4.98 Å². The highest BCUT2D eigenvalue weighted by molar-refractivity contribution is 5.73. The van der Waals surface area contributed by atoms with Gasteiger partial charge in [-0.05, 0) is 19.1 Å². The number of hydrogen-bond donors (Lipinski definition) is 1. The van der Waals surface area contributed by atoms with Gasteiger partial charge in [0.15, 0.2) is 0 Å². The summed E-state index contributed by atoms with van der Waals surface area (Å²) >= 11 is 0. The number of ether oxygens (including phenoxy) is 1. The van der Waals surface area contributed by atoms with E-state index in [4.69, 9.17) is 4.74 Å². The molecule has 1 saturated heterocycles. The van der Waals surface area contributed by atoms with E-state index in [9.17, 15) is 4.79 Å². The molecule has 132 valence electrons. The zero-order valence-corrected chi connectivity index (χ0v) is 14.8. The number of aryl methyl sites for hydroxylation is 1. The lowest BCUT2D eigenvalue weighted by molar-refractivity contribution is -0.129. The van der Waals surface area contributed by atoms with Gasteiger partial charge in [-0.15, -0.1) is 0 Å². The summed E-state index contributed by atoms with van der Waals surface area (Å²) in [4.78, 5) is 24.6. The van der Waals surface area contributed by atoms with Crippen molar-refractivity contribution < 1.29 is 9.53 Å². The summed E-state index contributed by atoms with van der Waals surface area (Å²) in [7, 11) is 1.65. The van der Waals surface area contributed by atoms with E-state index in [1.54, 1.807) is 14.0 Å². The summed E-state index contributed by atoms with van der Waals surface area (Å²) in [6.07, 6.45) is 0. The molecule has 1 N–H and O–H groups in total. The van der Waals surface area contributed by atoms with Crippen LogP contribution in [0.15, 0.2) is 30.3 Å². The van der Waals surface area contributed by atoms with E-state index >= 15 is 0 Å². The van der Waals surface area contributed by atoms with Crippen LogP contribution >= 0.6 is 0 Å². The zero-order valence-electron chi connectivity index (χ0n) is 14.8. The number of hydrogen-bond acceptors (Lipinski definition) is 6. The highest BCUT2D eigenvalue weighted by Crippen LogP contribution is 2.22. The van der Waals surface area contributed by atoms with Gasteiger partial charge in [0, 0.05) is 56.6 Å². The molecule has 1 aromatic heterocycles. The molecular formula is C18H23N5O2. The normalized spacial score (nSPS) is 14.4. The molecule has 0 bridgehead atoms. The first kappa shape index (κ1) is 17.0. The summed E-state index contributed by atoms with van der Waals surface area (Å²) in [6.45, 7) is 6.43. The Morgan fingerprint density at radius 2 is 1.92 bits per heavy atom. The van der Waals surface area contributed by atoms with Gasteiger partial charge in [0.25, 0.3) is 0 Å². The van der Waals surface area contributed by atoms with Crippen LogP contribution in [0, 0.1) is 6.92 Å². The molecule has 0 unspecified atom stereocenters. The molecule has 2 aromatic rings. The molecule has 0 radical (unpaired) electrons. The van der Waals surface area contributed by atoms with Gasteiger partial charge in [0.2, 0.25) is 11.9 Å². The van der Waals surface area contributed by atoms with Crippen molar-refractivity contribution in [1.82, 2.24) is 14.9 Å². The van der Waals surface area contributed by atoms with Gasteiger partial charge in [-0.25, -0.2) is 4.98 Å². The van der Waals surface area contributed by atoms with Crippen LogP contribution in [0.3, 0.4) is 0 Å². The van der Waals surface area contributed by atoms with Crippen molar-refractivity contribution in [3.8, 4) is 5.75 Å². The lowest BCUT2D eigenvalue weighted by Gasteiger charge is -2.34. The number of carbonyl (C=O) groups excluding carboxylic acids is 1. The number of rotatable bonds is 4. The van der Waals surface area contributed by atoms with Crippen LogP contribution in [-0.2, 0) is 4.79 Å². The van der Waals surface area contributed by atoms with Crippen molar-refractivity contribution in [1.29, 1.82) is 0 Å². The van der Waals surface area contributed by atoms with Crippen LogP contribution in [0.4, 0.5) is 17.5 Å². The number of anilines is 3. The summed E-state index contributed by atoms with van der Waals surface area (Å²) in [5.74, 6) is 2.33. The van der Waals surface area contributed by atoms with Gasteiger partial charge in [0.1, 0.15) is 11.6 Å². The minimum atomic E-state index is 0.116. The van der Waals surface area contributed by atoms with E-state index in [2.05, 4.69) is 20.2 Å². The van der Waals surface area contributed by atoms with Crippen LogP contribution in [0.2, 0.25) is 0 Å². The molecule has 1 aromatic carbocycles. The van der Waals surface area contributed by atoms with Crippen molar-refractivity contribution in [2.75, 3.05) is 43.5 Å². The maximum Gasteiger partial charge on any atom is 0.227 e. The standard InChI is InChI=1S/C18H23N5O2/c1-13-11-17(20-15-5-4-6-16(12-15)25-3)21-18(19-13)23-9-7-22(8-10-23)14(2)24/h4-6,11-12H,7-10H2,1-3H3,(H,19,20,21). The molecule has 0 atom stereocenters. The van der Waals surface area contributed by atoms with E-state index in [1.165, 1.54) is 0 Å². The molecule has 0 spiro atoms. The minimum Gasteiger partial charge on any atom is -0.497 e. The maximum absolute atomic E-state index is 11.5. The number of piperazine rings is 1. The molecule has 7 heteroatoms. The van der Waals surface area contributed by atoms with Crippen molar-refractivity contribution in [2.24, 2.45) is 0 Å². The van der Waals surface area contributed by atoms with E-state index in [1.807, 2.05) is 42.2 Å². The van der Waals surface area contributed by atoms with E-state index in [-0.39, 0.29) is 5.91 Å². The molecule has 1 fully saturated rings. The number of nitrogens with one attached hydrogen (secondary N) is 1. The fourth-order valence-electron chi connectivity index (χ4n) is 2.83. The number of methoxy groups -OCH3 is 1. The Balaban J connectivity index is 1.75. The number of aromatic nitrogens is 2. The van der Waals surface area contributed by atoms with Crippen LogP contribution < -0.4 is 15.0 Å². The van der Waals surface area contributed by atoms with Crippen LogP contribution in [0.25, 0.3) is 0 Å². The van der Waals surface area contributed by atoms with Crippen molar-refractivity contribution >= 4 is 23.4 Å². The Labute approximate surface area is 147 Å². The van der Waals surface area contributed by atoms with Gasteiger partial charge in [-0.1, -0.05) is 6.07 Å². The summed E-state index contributed by atoms with van der Waals surface area (Å²) < 4.78 is 5.25. The molecule has 2 heterocycles. The summed E-state index contributed by atoms with van der Waals surface area (Å²) in [5, 5.41) is 3.30. The number of nitrogens with zero attached hydrogens (tertiary/aromatic N) is 4. The lowest BCUT2D eigenvalue weighted by atomic mass is 10.3. The largest absolute Gasteiger partial charge is 0.497 e. The summed E-state index contributed by atoms with van der Waals surface area (Å²) in [5.41, 5.74) is 1.80. The van der Waals surface area contributed by atoms with E-state index in [0.717, 1.165) is 36.0 Å². The molecule has 0 aliphatic carbocycles. The smallest absolute Gasteiger partial charge is 0.227 e. The third-order valence-corrected chi connectivity index (χ3v) is 4.19. The van der Waals surface area contributed by atoms with Crippen LogP contribution in [0.5, 0.6) is 5.75 Å². The van der Waals surface area contributed by atoms with Gasteiger partial charge < -0.3 is 19.9 Å². The average Bonchev–Trinajstić information content (AvgIpc) is 2.61. The highest BCUT2D eigenvalue weighted by atomic mass is 16.5. The highest BCUT2D eigenvalue weighted by Gasteiger charge is 2.21. The average molecular weight is 341 g/mol. The quantitative estimate of drug-likeness (QED) is 0.919. The van der Waals surface area contributed by atoms with Crippen LogP contribution in [0.1, 0.15) is 12.6 Å². The molecule has 3 rings (SSSR count). The Kier molecular flexibility index (Phi) is 5.02. The molecule has 0 saturated carbocycles. The number of amides is 1. The molecule has 7 nitrogen and oxygen atoms in total. The fraction of sp³-hybridized carbons (Fsp3) is 0.389. The predicted molar refractivity (Wildman–Crippen MR) is 97.5 cm³/mol. The minimum absolute atomic E-state index is 0.116. The second-order valence-corrected chi connectivity index (χ2v) is 6.04. The molecular weight excluding hydrogens is 318 g/mol. The van der Waals surface area contributed by atoms with Gasteiger partial charge >= 0.3 is 0 Å². The number of carbonyl (C=O) groups is 1. The Hall–Kier alpha value is -2.83. The number of benzene rings is 1. The van der Waals surface area contributed by atoms with Crippen molar-refractivity contribution in [3.05, 3.63) is 36.0 Å². The molecule has 25 heavy (non-hydrogen) atoms. The molecule has 1 amide bonds. The Morgan fingerprint density at radius 3 is 2.60 bits per heavy atom. The SMILES string of the molecule is COc1cccc(Nc2cc(C)nc(N3CCN(C(C)=O)CC3)n2)c1. The van der Waals surface area contributed by atoms with E-state index < -0.39 is 0 Å². The van der Waals surface area contributed by atoms with E-state index in [0.29, 0.717) is 19.0 Å². The predicted octanol–water partition coefficient (Wildman–Crippen LogP) is 2.21. The monoisotopic (exact) mass is 341 g/mol. The molecule has 1 aliphatic rings. The second kappa shape index (κ2) is 7.38. The first-order valence-corrected chi connectivity index (χ1v) is 8.32. The Bertz CT molecular complexity index is 757. The summed E-state index contributed by atoms with van der Waals surface area (Å²) in [6, 6.07) is 9.62. The first-order valence-electron chi connectivity index (χ1n) is 8.32. The van der Waals surface area contributed by atoms with Gasteiger partial charge in [0.05, 0.1) is 7.11 Å². The third-order valence-electron chi connectivity index (χ3n) is 4.19. The first-order chi connectivity index (χ1) is 12.0. The second-order valence-electron chi connectivity index (χ2n) is 6.04. The maximum atomic E-state index is 11.5. The third kappa shape index (κ3) is 4.17.